The number of hydrogen-bond acceptors (Lipinski definition) is 0. The number of unbranched alkanes of at least 4 members (excludes halogenated alkanes) is 1. The Morgan fingerprint density at radius 1 is 1.04 bits per heavy atom. The zero-order chi connectivity index (χ0) is 17.1. The first-order valence-corrected chi connectivity index (χ1v) is 9.77. The molecule has 0 aromatic heterocycles. The first kappa shape index (κ1) is 17.9. The maximum atomic E-state index is 13.7. The first-order valence-electron chi connectivity index (χ1n) is 9.39. The molecule has 0 spiro atoms. The summed E-state index contributed by atoms with van der Waals surface area (Å²) in [6, 6.07) is 2.88. The third-order valence-electron chi connectivity index (χ3n) is 5.99. The Balaban J connectivity index is 1.62. The number of benzene rings is 1. The van der Waals surface area contributed by atoms with E-state index in [0.29, 0.717) is 5.92 Å². The molecule has 2 saturated carbocycles. The Morgan fingerprint density at radius 2 is 1.71 bits per heavy atom. The van der Waals surface area contributed by atoms with Gasteiger partial charge in [-0.2, -0.15) is 0 Å². The van der Waals surface area contributed by atoms with Gasteiger partial charge in [0, 0.05) is 0 Å². The molecule has 0 N–H and O–H groups in total. The monoisotopic (exact) mass is 352 g/mol. The predicted molar refractivity (Wildman–Crippen MR) is 96.3 cm³/mol. The van der Waals surface area contributed by atoms with Crippen LogP contribution in [0, 0.1) is 29.4 Å². The Morgan fingerprint density at radius 3 is 2.42 bits per heavy atom. The van der Waals surface area contributed by atoms with E-state index in [-0.39, 0.29) is 10.9 Å². The molecule has 2 aliphatic carbocycles. The maximum Gasteiger partial charge on any atom is 0.145 e. The fourth-order valence-corrected chi connectivity index (χ4v) is 4.78. The molecule has 1 aromatic carbocycles. The standard InChI is InChI=1S/C21H27ClF2/c1-2-3-4-5-14-6-7-16-11-17(9-8-15(16)10-14)18-12-19(23)21(22)20(24)13-18/h4-5,12-17H,2-3,6-11H2,1H3/b5-4+. The molecule has 132 valence electrons. The van der Waals surface area contributed by atoms with Crippen LogP contribution in [0.5, 0.6) is 0 Å². The quantitative estimate of drug-likeness (QED) is 0.394. The lowest BCUT2D eigenvalue weighted by atomic mass is 9.64. The minimum Gasteiger partial charge on any atom is -0.205 e. The molecule has 0 nitrogen and oxygen atoms in total. The molecule has 2 fully saturated rings. The van der Waals surface area contributed by atoms with Crippen molar-refractivity contribution in [3.05, 3.63) is 46.5 Å². The molecule has 4 atom stereocenters. The molecule has 0 bridgehead atoms. The predicted octanol–water partition coefficient (Wildman–Crippen LogP) is 7.27. The maximum absolute atomic E-state index is 13.7. The van der Waals surface area contributed by atoms with E-state index in [1.807, 2.05) is 0 Å². The average Bonchev–Trinajstić information content (AvgIpc) is 2.59. The van der Waals surface area contributed by atoms with Crippen LogP contribution in [0.3, 0.4) is 0 Å². The highest BCUT2D eigenvalue weighted by molar-refractivity contribution is 6.30. The van der Waals surface area contributed by atoms with E-state index in [0.717, 1.165) is 30.2 Å². The third-order valence-corrected chi connectivity index (χ3v) is 6.36. The van der Waals surface area contributed by atoms with E-state index in [1.54, 1.807) is 0 Å². The van der Waals surface area contributed by atoms with Gasteiger partial charge in [0.2, 0.25) is 0 Å². The van der Waals surface area contributed by atoms with E-state index < -0.39 is 11.6 Å². The molecule has 0 amide bonds. The molecule has 0 saturated heterocycles. The van der Waals surface area contributed by atoms with Crippen molar-refractivity contribution in [1.29, 1.82) is 0 Å². The molecule has 0 heterocycles. The van der Waals surface area contributed by atoms with E-state index in [4.69, 9.17) is 11.6 Å². The van der Waals surface area contributed by atoms with Gasteiger partial charge in [-0.1, -0.05) is 37.1 Å². The van der Waals surface area contributed by atoms with Gasteiger partial charge in [0.15, 0.2) is 0 Å². The lowest BCUT2D eigenvalue weighted by molar-refractivity contribution is 0.133. The summed E-state index contributed by atoms with van der Waals surface area (Å²) in [5.74, 6) is 1.26. The molecule has 0 aliphatic heterocycles. The molecule has 3 rings (SSSR count). The normalized spacial score (nSPS) is 30.5. The number of hydrogen-bond donors (Lipinski definition) is 0. The molecule has 3 heteroatoms. The molecule has 24 heavy (non-hydrogen) atoms. The van der Waals surface area contributed by atoms with Gasteiger partial charge in [0.25, 0.3) is 0 Å². The van der Waals surface area contributed by atoms with Crippen LogP contribution >= 0.6 is 11.6 Å². The van der Waals surface area contributed by atoms with E-state index in [9.17, 15) is 8.78 Å². The fourth-order valence-electron chi connectivity index (χ4n) is 4.67. The van der Waals surface area contributed by atoms with Gasteiger partial charge in [-0.3, -0.25) is 0 Å². The van der Waals surface area contributed by atoms with Crippen LogP contribution in [0.15, 0.2) is 24.3 Å². The van der Waals surface area contributed by atoms with Crippen molar-refractivity contribution in [2.24, 2.45) is 17.8 Å². The number of rotatable bonds is 4. The molecular weight excluding hydrogens is 326 g/mol. The zero-order valence-electron chi connectivity index (χ0n) is 14.4. The molecular formula is C21H27ClF2. The van der Waals surface area contributed by atoms with E-state index in [1.165, 1.54) is 50.7 Å². The lowest BCUT2D eigenvalue weighted by Gasteiger charge is -2.42. The van der Waals surface area contributed by atoms with Gasteiger partial charge in [-0.15, -0.1) is 0 Å². The minimum absolute atomic E-state index is 0.278. The van der Waals surface area contributed by atoms with Crippen LogP contribution in [-0.4, -0.2) is 0 Å². The van der Waals surface area contributed by atoms with Gasteiger partial charge in [-0.05, 0) is 86.3 Å². The first-order chi connectivity index (χ1) is 11.6. The van der Waals surface area contributed by atoms with E-state index in [2.05, 4.69) is 19.1 Å². The Bertz CT molecular complexity index is 572. The van der Waals surface area contributed by atoms with Gasteiger partial charge >= 0.3 is 0 Å². The van der Waals surface area contributed by atoms with Crippen molar-refractivity contribution in [1.82, 2.24) is 0 Å². The summed E-state index contributed by atoms with van der Waals surface area (Å²) in [6.07, 6.45) is 14.2. The number of fused-ring (bicyclic) bond motifs is 1. The number of allylic oxidation sites excluding steroid dienone is 2. The number of halogens is 3. The van der Waals surface area contributed by atoms with Crippen molar-refractivity contribution in [2.45, 2.75) is 64.2 Å². The van der Waals surface area contributed by atoms with E-state index >= 15 is 0 Å². The fraction of sp³-hybridized carbons (Fsp3) is 0.619. The topological polar surface area (TPSA) is 0 Å². The summed E-state index contributed by atoms with van der Waals surface area (Å²) in [5.41, 5.74) is 0.790. The van der Waals surface area contributed by atoms with Crippen molar-refractivity contribution >= 4 is 11.6 Å². The summed E-state index contributed by atoms with van der Waals surface area (Å²) in [7, 11) is 0. The third kappa shape index (κ3) is 4.02. The van der Waals surface area contributed by atoms with Crippen LogP contribution in [0.1, 0.15) is 69.8 Å². The van der Waals surface area contributed by atoms with Crippen molar-refractivity contribution in [2.75, 3.05) is 0 Å². The molecule has 1 aromatic rings. The van der Waals surface area contributed by atoms with Gasteiger partial charge in [-0.25, -0.2) is 8.78 Å². The smallest absolute Gasteiger partial charge is 0.145 e. The Labute approximate surface area is 149 Å². The Hall–Kier alpha value is -0.890. The highest BCUT2D eigenvalue weighted by Crippen LogP contribution is 2.48. The van der Waals surface area contributed by atoms with Gasteiger partial charge < -0.3 is 0 Å². The second kappa shape index (κ2) is 7.99. The van der Waals surface area contributed by atoms with Crippen LogP contribution in [0.4, 0.5) is 8.78 Å². The Kier molecular flexibility index (Phi) is 5.97. The van der Waals surface area contributed by atoms with Crippen LogP contribution in [0.2, 0.25) is 5.02 Å². The minimum atomic E-state index is -0.626. The summed E-state index contributed by atoms with van der Waals surface area (Å²) in [5, 5.41) is -0.383. The summed E-state index contributed by atoms with van der Waals surface area (Å²) in [4.78, 5) is 0. The lowest BCUT2D eigenvalue weighted by Crippen LogP contribution is -2.30. The summed E-state index contributed by atoms with van der Waals surface area (Å²) >= 11 is 5.61. The average molecular weight is 353 g/mol. The van der Waals surface area contributed by atoms with Crippen LogP contribution in [-0.2, 0) is 0 Å². The molecule has 4 unspecified atom stereocenters. The largest absolute Gasteiger partial charge is 0.205 e. The highest BCUT2D eigenvalue weighted by atomic mass is 35.5. The van der Waals surface area contributed by atoms with Crippen molar-refractivity contribution < 1.29 is 8.78 Å². The SMILES string of the molecule is CCC/C=C/C1CCC2CC(c3cc(F)c(Cl)c(F)c3)CCC2C1. The second-order valence-corrected chi connectivity index (χ2v) is 8.00. The molecule has 0 radical (unpaired) electrons. The highest BCUT2D eigenvalue weighted by Gasteiger charge is 2.35. The zero-order valence-corrected chi connectivity index (χ0v) is 15.2. The van der Waals surface area contributed by atoms with Crippen LogP contribution in [0.25, 0.3) is 0 Å². The second-order valence-electron chi connectivity index (χ2n) is 7.62. The van der Waals surface area contributed by atoms with Gasteiger partial charge in [0.1, 0.15) is 16.7 Å². The van der Waals surface area contributed by atoms with Gasteiger partial charge in [0.05, 0.1) is 0 Å². The van der Waals surface area contributed by atoms with Crippen LogP contribution < -0.4 is 0 Å². The van der Waals surface area contributed by atoms with Crippen molar-refractivity contribution in [3.63, 3.8) is 0 Å². The summed E-state index contributed by atoms with van der Waals surface area (Å²) in [6.45, 7) is 2.21. The van der Waals surface area contributed by atoms with Crippen molar-refractivity contribution in [3.8, 4) is 0 Å². The molecule has 2 aliphatic rings. The summed E-state index contributed by atoms with van der Waals surface area (Å²) < 4.78 is 27.5.